The van der Waals surface area contributed by atoms with Crippen LogP contribution in [-0.4, -0.2) is 23.1 Å². The van der Waals surface area contributed by atoms with Crippen molar-refractivity contribution in [1.29, 1.82) is 0 Å². The number of benzene rings is 1. The molecule has 9 heteroatoms. The van der Waals surface area contributed by atoms with Gasteiger partial charge < -0.3 is 0 Å². The molecule has 0 unspecified atom stereocenters. The van der Waals surface area contributed by atoms with Gasteiger partial charge in [0.25, 0.3) is 0 Å². The largest absolute Gasteiger partial charge is 0.282 e. The van der Waals surface area contributed by atoms with E-state index in [1.165, 1.54) is 13.0 Å². The summed E-state index contributed by atoms with van der Waals surface area (Å²) in [6.07, 6.45) is 0.969. The molecule has 0 saturated heterocycles. The molecule has 17 heavy (non-hydrogen) atoms. The minimum absolute atomic E-state index is 0.0283. The first-order valence-corrected chi connectivity index (χ1v) is 8.13. The van der Waals surface area contributed by atoms with E-state index in [9.17, 15) is 16.8 Å². The van der Waals surface area contributed by atoms with Gasteiger partial charge in [-0.15, -0.1) is 0 Å². The summed E-state index contributed by atoms with van der Waals surface area (Å²) in [5.41, 5.74) is 0.508. The first kappa shape index (κ1) is 14.2. The Bertz CT molecular complexity index is 629. The SMILES string of the molecule is Cc1cc(S(N)(=O)=O)cc(Cl)c1NS(C)(=O)=O. The Labute approximate surface area is 105 Å². The highest BCUT2D eigenvalue weighted by molar-refractivity contribution is 7.92. The van der Waals surface area contributed by atoms with Crippen molar-refractivity contribution in [2.75, 3.05) is 11.0 Å². The van der Waals surface area contributed by atoms with Crippen LogP contribution in [0.1, 0.15) is 5.56 Å². The van der Waals surface area contributed by atoms with Crippen LogP contribution in [0.15, 0.2) is 17.0 Å². The van der Waals surface area contributed by atoms with Gasteiger partial charge in [0.1, 0.15) is 0 Å². The molecule has 0 aliphatic heterocycles. The van der Waals surface area contributed by atoms with Gasteiger partial charge in [-0.3, -0.25) is 4.72 Å². The zero-order valence-corrected chi connectivity index (χ0v) is 11.4. The Balaban J connectivity index is 3.40. The summed E-state index contributed by atoms with van der Waals surface area (Å²) in [5, 5.41) is 4.92. The van der Waals surface area contributed by atoms with Crippen molar-refractivity contribution in [1.82, 2.24) is 0 Å². The highest BCUT2D eigenvalue weighted by Crippen LogP contribution is 2.29. The van der Waals surface area contributed by atoms with Crippen LogP contribution in [0, 0.1) is 6.92 Å². The van der Waals surface area contributed by atoms with Crippen molar-refractivity contribution in [2.45, 2.75) is 11.8 Å². The highest BCUT2D eigenvalue weighted by atomic mass is 35.5. The van der Waals surface area contributed by atoms with Gasteiger partial charge >= 0.3 is 0 Å². The van der Waals surface area contributed by atoms with E-state index in [1.54, 1.807) is 0 Å². The molecule has 1 aromatic rings. The first-order valence-electron chi connectivity index (χ1n) is 4.31. The highest BCUT2D eigenvalue weighted by Gasteiger charge is 2.15. The Morgan fingerprint density at radius 2 is 1.76 bits per heavy atom. The predicted molar refractivity (Wildman–Crippen MR) is 66.0 cm³/mol. The Kier molecular flexibility index (Phi) is 3.72. The van der Waals surface area contributed by atoms with Crippen molar-refractivity contribution in [3.8, 4) is 0 Å². The molecule has 1 rings (SSSR count). The number of aryl methyl sites for hydroxylation is 1. The van der Waals surface area contributed by atoms with Gasteiger partial charge in [0.05, 0.1) is 21.9 Å². The molecular weight excluding hydrogens is 288 g/mol. The van der Waals surface area contributed by atoms with Gasteiger partial charge in [-0.25, -0.2) is 22.0 Å². The molecule has 0 aromatic heterocycles. The molecule has 6 nitrogen and oxygen atoms in total. The summed E-state index contributed by atoms with van der Waals surface area (Å²) < 4.78 is 46.6. The molecule has 3 N–H and O–H groups in total. The van der Waals surface area contributed by atoms with Gasteiger partial charge in [-0.05, 0) is 24.6 Å². The number of hydrogen-bond acceptors (Lipinski definition) is 4. The maximum Gasteiger partial charge on any atom is 0.238 e. The average Bonchev–Trinajstić information content (AvgIpc) is 2.07. The molecule has 0 aliphatic carbocycles. The van der Waals surface area contributed by atoms with E-state index in [-0.39, 0.29) is 15.6 Å². The summed E-state index contributed by atoms with van der Waals surface area (Å²) in [7, 11) is -7.36. The van der Waals surface area contributed by atoms with E-state index in [4.69, 9.17) is 16.7 Å². The maximum absolute atomic E-state index is 11.1. The molecule has 0 atom stereocenters. The van der Waals surface area contributed by atoms with Crippen molar-refractivity contribution in [3.05, 3.63) is 22.7 Å². The number of anilines is 1. The number of hydrogen-bond donors (Lipinski definition) is 2. The summed E-state index contributed by atoms with van der Waals surface area (Å²) in [6, 6.07) is 2.34. The topological polar surface area (TPSA) is 106 Å². The van der Waals surface area contributed by atoms with Crippen LogP contribution in [0.2, 0.25) is 5.02 Å². The lowest BCUT2D eigenvalue weighted by Crippen LogP contribution is -2.14. The molecule has 0 heterocycles. The smallest absolute Gasteiger partial charge is 0.238 e. The average molecular weight is 299 g/mol. The lowest BCUT2D eigenvalue weighted by molar-refractivity contribution is 0.597. The Morgan fingerprint density at radius 1 is 1.24 bits per heavy atom. The normalized spacial score (nSPS) is 12.5. The van der Waals surface area contributed by atoms with E-state index < -0.39 is 20.0 Å². The number of primary sulfonamides is 1. The molecule has 0 fully saturated rings. The van der Waals surface area contributed by atoms with Crippen molar-refractivity contribution in [2.24, 2.45) is 5.14 Å². The van der Waals surface area contributed by atoms with Crippen LogP contribution >= 0.6 is 11.6 Å². The van der Waals surface area contributed by atoms with E-state index in [0.29, 0.717) is 5.56 Å². The second-order valence-electron chi connectivity index (χ2n) is 3.52. The van der Waals surface area contributed by atoms with Crippen LogP contribution in [0.25, 0.3) is 0 Å². The number of nitrogens with two attached hydrogens (primary N) is 1. The van der Waals surface area contributed by atoms with Gasteiger partial charge in [0, 0.05) is 0 Å². The number of nitrogens with one attached hydrogen (secondary N) is 1. The molecule has 0 radical (unpaired) electrons. The minimum Gasteiger partial charge on any atom is -0.282 e. The number of halogens is 1. The van der Waals surface area contributed by atoms with E-state index >= 15 is 0 Å². The fraction of sp³-hybridized carbons (Fsp3) is 0.250. The minimum atomic E-state index is -3.87. The Hall–Kier alpha value is -0.830. The molecular formula is C8H11ClN2O4S2. The fourth-order valence-electron chi connectivity index (χ4n) is 1.19. The van der Waals surface area contributed by atoms with Crippen LogP contribution in [0.4, 0.5) is 5.69 Å². The van der Waals surface area contributed by atoms with E-state index in [1.807, 2.05) is 0 Å². The van der Waals surface area contributed by atoms with Crippen LogP contribution < -0.4 is 9.86 Å². The molecule has 0 bridgehead atoms. The molecule has 0 spiro atoms. The molecule has 1 aromatic carbocycles. The van der Waals surface area contributed by atoms with Gasteiger partial charge in [0.15, 0.2) is 0 Å². The third kappa shape index (κ3) is 3.84. The first-order chi connectivity index (χ1) is 7.50. The summed E-state index contributed by atoms with van der Waals surface area (Å²) in [5.74, 6) is 0. The van der Waals surface area contributed by atoms with Gasteiger partial charge in [0.2, 0.25) is 20.0 Å². The lowest BCUT2D eigenvalue weighted by Gasteiger charge is -2.11. The zero-order valence-electron chi connectivity index (χ0n) is 9.06. The van der Waals surface area contributed by atoms with Crippen molar-refractivity contribution < 1.29 is 16.8 Å². The van der Waals surface area contributed by atoms with E-state index in [2.05, 4.69) is 4.72 Å². The predicted octanol–water partition coefficient (Wildman–Crippen LogP) is 0.667. The lowest BCUT2D eigenvalue weighted by atomic mass is 10.2. The Morgan fingerprint density at radius 3 is 2.12 bits per heavy atom. The summed E-state index contributed by atoms with van der Waals surface area (Å²) in [4.78, 5) is -0.168. The second kappa shape index (κ2) is 4.45. The van der Waals surface area contributed by atoms with Crippen molar-refractivity contribution >= 4 is 37.3 Å². The van der Waals surface area contributed by atoms with Crippen LogP contribution in [0.3, 0.4) is 0 Å². The summed E-state index contributed by atoms with van der Waals surface area (Å²) in [6.45, 7) is 1.52. The maximum atomic E-state index is 11.1. The van der Waals surface area contributed by atoms with Crippen LogP contribution in [-0.2, 0) is 20.0 Å². The van der Waals surface area contributed by atoms with Gasteiger partial charge in [-0.2, -0.15) is 0 Å². The zero-order chi connectivity index (χ0) is 13.4. The summed E-state index contributed by atoms with van der Waals surface area (Å²) >= 11 is 5.80. The molecule has 0 amide bonds. The number of sulfonamides is 2. The standard InChI is InChI=1S/C8H11ClN2O4S2/c1-5-3-6(17(10,14)15)4-7(9)8(5)11-16(2,12)13/h3-4,11H,1-2H3,(H2,10,14,15). The monoisotopic (exact) mass is 298 g/mol. The fourth-order valence-corrected chi connectivity index (χ4v) is 2.89. The number of rotatable bonds is 3. The van der Waals surface area contributed by atoms with Gasteiger partial charge in [-0.1, -0.05) is 11.6 Å². The third-order valence-corrected chi connectivity index (χ3v) is 3.64. The van der Waals surface area contributed by atoms with Crippen molar-refractivity contribution in [3.63, 3.8) is 0 Å². The third-order valence-electron chi connectivity index (χ3n) is 1.88. The molecule has 0 saturated carbocycles. The second-order valence-corrected chi connectivity index (χ2v) is 7.23. The molecule has 0 aliphatic rings. The van der Waals surface area contributed by atoms with E-state index in [0.717, 1.165) is 12.3 Å². The van der Waals surface area contributed by atoms with Crippen LogP contribution in [0.5, 0.6) is 0 Å². The molecule has 96 valence electrons. The quantitative estimate of drug-likeness (QED) is 0.855.